The smallest absolute Gasteiger partial charge is 0.211 e. The van der Waals surface area contributed by atoms with Crippen LogP contribution in [0.4, 0.5) is 0 Å². The maximum Gasteiger partial charge on any atom is 0.211 e. The number of hydrogen-bond donors (Lipinski definition) is 4. The molecule has 0 radical (unpaired) electrons. The van der Waals surface area contributed by atoms with E-state index in [4.69, 9.17) is 22.9 Å². The summed E-state index contributed by atoms with van der Waals surface area (Å²) in [6.45, 7) is 0. The van der Waals surface area contributed by atoms with E-state index in [2.05, 4.69) is 20.4 Å². The number of hydrogen-bond acceptors (Lipinski definition) is 5. The summed E-state index contributed by atoms with van der Waals surface area (Å²) in [5.41, 5.74) is 22.8. The van der Waals surface area contributed by atoms with Gasteiger partial charge in [-0.25, -0.2) is 0 Å². The van der Waals surface area contributed by atoms with E-state index in [1.807, 2.05) is 36.4 Å². The molecule has 11 heteroatoms. The Balaban J connectivity index is 0.00000288. The average molecular weight is 401 g/mol. The van der Waals surface area contributed by atoms with E-state index >= 15 is 0 Å². The van der Waals surface area contributed by atoms with E-state index in [-0.39, 0.29) is 36.7 Å². The molecule has 0 saturated heterocycles. The van der Waals surface area contributed by atoms with Crippen LogP contribution < -0.4 is 22.9 Å². The third-order valence-corrected chi connectivity index (χ3v) is 3.63. The van der Waals surface area contributed by atoms with Crippen molar-refractivity contribution < 1.29 is 0 Å². The molecule has 134 valence electrons. The van der Waals surface area contributed by atoms with Crippen LogP contribution >= 0.6 is 36.2 Å². The molecule has 0 aliphatic rings. The molecule has 2 aromatic rings. The predicted molar refractivity (Wildman–Crippen MR) is 111 cm³/mol. The van der Waals surface area contributed by atoms with Crippen LogP contribution in [0.2, 0.25) is 0 Å². The first kappa shape index (κ1) is 22.4. The van der Waals surface area contributed by atoms with Gasteiger partial charge in [0.1, 0.15) is 0 Å². The molecule has 0 amide bonds. The zero-order valence-electron chi connectivity index (χ0n) is 12.9. The van der Waals surface area contributed by atoms with E-state index in [0.717, 1.165) is 20.9 Å². The fourth-order valence-electron chi connectivity index (χ4n) is 1.63. The van der Waals surface area contributed by atoms with Gasteiger partial charge >= 0.3 is 0 Å². The molecule has 0 aliphatic carbocycles. The van der Waals surface area contributed by atoms with Crippen molar-refractivity contribution in [2.45, 2.75) is 0 Å². The summed E-state index contributed by atoms with van der Waals surface area (Å²) < 4.78 is 0. The van der Waals surface area contributed by atoms with Crippen molar-refractivity contribution in [2.75, 3.05) is 0 Å². The number of thiophene rings is 1. The van der Waals surface area contributed by atoms with Crippen LogP contribution in [0.15, 0.2) is 56.8 Å². The zero-order chi connectivity index (χ0) is 16.7. The Morgan fingerprint density at radius 3 is 1.88 bits per heavy atom. The van der Waals surface area contributed by atoms with Gasteiger partial charge in [-0.3, -0.25) is 0 Å². The maximum atomic E-state index is 5.20. The van der Waals surface area contributed by atoms with Crippen molar-refractivity contribution >= 4 is 60.5 Å². The average Bonchev–Trinajstić information content (AvgIpc) is 2.96. The molecule has 8 nitrogen and oxygen atoms in total. The van der Waals surface area contributed by atoms with Crippen LogP contribution in [-0.2, 0) is 0 Å². The molecule has 0 spiro atoms. The summed E-state index contributed by atoms with van der Waals surface area (Å²) >= 11 is 1.58. The van der Waals surface area contributed by atoms with Crippen molar-refractivity contribution in [2.24, 2.45) is 43.3 Å². The van der Waals surface area contributed by atoms with Crippen LogP contribution in [0.5, 0.6) is 0 Å². The van der Waals surface area contributed by atoms with Gasteiger partial charge in [0.2, 0.25) is 11.9 Å². The Labute approximate surface area is 161 Å². The SMILES string of the molecule is Cl.Cl.NC(N)=N/N=C/c1ccc(-c2ccc(/C=N/N=C(N)N)s2)cc1. The number of nitrogens with two attached hydrogens (primary N) is 4. The van der Waals surface area contributed by atoms with Gasteiger partial charge in [0.25, 0.3) is 0 Å². The lowest BCUT2D eigenvalue weighted by Crippen LogP contribution is -2.21. The second-order valence-corrected chi connectivity index (χ2v) is 5.48. The molecule has 1 aromatic carbocycles. The summed E-state index contributed by atoms with van der Waals surface area (Å²) in [5, 5.41) is 14.6. The van der Waals surface area contributed by atoms with Crippen molar-refractivity contribution in [3.05, 3.63) is 46.8 Å². The minimum atomic E-state index is -0.0774. The molecular formula is C14H18Cl2N8S. The Morgan fingerprint density at radius 1 is 0.760 bits per heavy atom. The number of rotatable bonds is 5. The second kappa shape index (κ2) is 11.0. The van der Waals surface area contributed by atoms with Gasteiger partial charge in [-0.1, -0.05) is 24.3 Å². The van der Waals surface area contributed by atoms with Crippen LogP contribution in [0.1, 0.15) is 10.4 Å². The third kappa shape index (κ3) is 7.66. The van der Waals surface area contributed by atoms with Gasteiger partial charge in [-0.2, -0.15) is 10.2 Å². The Bertz CT molecular complexity index is 772. The van der Waals surface area contributed by atoms with E-state index in [9.17, 15) is 0 Å². The van der Waals surface area contributed by atoms with Gasteiger partial charge in [0.15, 0.2) is 0 Å². The summed E-state index contributed by atoms with van der Waals surface area (Å²) in [6.07, 6.45) is 3.18. The largest absolute Gasteiger partial charge is 0.369 e. The highest BCUT2D eigenvalue weighted by molar-refractivity contribution is 7.17. The molecule has 25 heavy (non-hydrogen) atoms. The molecule has 0 atom stereocenters. The minimum absolute atomic E-state index is 0. The first-order valence-corrected chi connectivity index (χ1v) is 7.30. The quantitative estimate of drug-likeness (QED) is 0.340. The zero-order valence-corrected chi connectivity index (χ0v) is 15.4. The standard InChI is InChI=1S/C14H16N8S.2ClH/c15-13(16)21-19-7-9-1-3-10(4-2-9)12-6-5-11(23-12)8-20-22-14(17)18;;/h1-8H,(H4,15,16,21)(H4,17,18,22);2*1H/b19-7+,20-8+;;. The highest BCUT2D eigenvalue weighted by Gasteiger charge is 2.01. The number of nitrogens with zero attached hydrogens (tertiary/aromatic N) is 4. The van der Waals surface area contributed by atoms with Gasteiger partial charge in [0, 0.05) is 9.75 Å². The van der Waals surface area contributed by atoms with Crippen LogP contribution in [0.25, 0.3) is 10.4 Å². The molecule has 0 aliphatic heterocycles. The number of halogens is 2. The molecule has 8 N–H and O–H groups in total. The lowest BCUT2D eigenvalue weighted by molar-refractivity contribution is 1.21. The predicted octanol–water partition coefficient (Wildman–Crippen LogP) is 1.47. The summed E-state index contributed by atoms with van der Waals surface area (Å²) in [4.78, 5) is 2.05. The molecular weight excluding hydrogens is 383 g/mol. The summed E-state index contributed by atoms with van der Waals surface area (Å²) in [6, 6.07) is 11.8. The van der Waals surface area contributed by atoms with E-state index < -0.39 is 0 Å². The monoisotopic (exact) mass is 400 g/mol. The highest BCUT2D eigenvalue weighted by Crippen LogP contribution is 2.27. The molecule has 0 saturated carbocycles. The molecule has 1 aromatic heterocycles. The molecule has 0 fully saturated rings. The lowest BCUT2D eigenvalue weighted by Gasteiger charge is -1.97. The molecule has 1 heterocycles. The Hall–Kier alpha value is -2.62. The van der Waals surface area contributed by atoms with Gasteiger partial charge in [-0.05, 0) is 23.3 Å². The van der Waals surface area contributed by atoms with E-state index in [1.54, 1.807) is 23.8 Å². The van der Waals surface area contributed by atoms with Crippen LogP contribution in [0, 0.1) is 0 Å². The lowest BCUT2D eigenvalue weighted by atomic mass is 10.1. The van der Waals surface area contributed by atoms with Crippen LogP contribution in [-0.4, -0.2) is 24.3 Å². The fourth-order valence-corrected chi connectivity index (χ4v) is 2.51. The molecule has 0 bridgehead atoms. The van der Waals surface area contributed by atoms with Crippen molar-refractivity contribution in [3.63, 3.8) is 0 Å². The second-order valence-electron chi connectivity index (χ2n) is 4.36. The summed E-state index contributed by atoms with van der Waals surface area (Å²) in [5.74, 6) is -0.151. The first-order chi connectivity index (χ1) is 11.0. The third-order valence-electron chi connectivity index (χ3n) is 2.56. The topological polar surface area (TPSA) is 154 Å². The summed E-state index contributed by atoms with van der Waals surface area (Å²) in [7, 11) is 0. The highest BCUT2D eigenvalue weighted by atomic mass is 35.5. The Morgan fingerprint density at radius 2 is 1.32 bits per heavy atom. The fraction of sp³-hybridized carbons (Fsp3) is 0. The van der Waals surface area contributed by atoms with Crippen molar-refractivity contribution in [3.8, 4) is 10.4 Å². The van der Waals surface area contributed by atoms with Crippen molar-refractivity contribution in [1.29, 1.82) is 0 Å². The molecule has 2 rings (SSSR count). The van der Waals surface area contributed by atoms with Crippen LogP contribution in [0.3, 0.4) is 0 Å². The van der Waals surface area contributed by atoms with Gasteiger partial charge in [0.05, 0.1) is 12.4 Å². The van der Waals surface area contributed by atoms with Gasteiger partial charge < -0.3 is 22.9 Å². The van der Waals surface area contributed by atoms with Gasteiger partial charge in [-0.15, -0.1) is 46.4 Å². The maximum absolute atomic E-state index is 5.20. The Kier molecular flexibility index (Phi) is 9.87. The van der Waals surface area contributed by atoms with Crippen molar-refractivity contribution in [1.82, 2.24) is 0 Å². The first-order valence-electron chi connectivity index (χ1n) is 6.49. The number of benzene rings is 1. The van der Waals surface area contributed by atoms with E-state index in [1.165, 1.54) is 0 Å². The normalized spacial score (nSPS) is 10.1. The number of guanidine groups is 2. The van der Waals surface area contributed by atoms with E-state index in [0.29, 0.717) is 0 Å². The molecule has 0 unspecified atom stereocenters. The minimum Gasteiger partial charge on any atom is -0.369 e.